The van der Waals surface area contributed by atoms with Crippen molar-refractivity contribution in [2.45, 2.75) is 115 Å². The van der Waals surface area contributed by atoms with Crippen LogP contribution >= 0.6 is 0 Å². The van der Waals surface area contributed by atoms with Crippen molar-refractivity contribution in [1.82, 2.24) is 9.80 Å². The van der Waals surface area contributed by atoms with Gasteiger partial charge in [-0.15, -0.1) is 0 Å². The molecule has 2 saturated carbocycles. The predicted octanol–water partition coefficient (Wildman–Crippen LogP) is 3.93. The van der Waals surface area contributed by atoms with Gasteiger partial charge in [0.05, 0.1) is 24.4 Å². The van der Waals surface area contributed by atoms with Crippen molar-refractivity contribution in [3.05, 3.63) is 0 Å². The molecule has 4 nitrogen and oxygen atoms in total. The second-order valence-corrected chi connectivity index (χ2v) is 10.3. The topological polar surface area (TPSA) is 24.9 Å². The minimum atomic E-state index is 0.339. The number of hydrogen-bond donors (Lipinski definition) is 0. The fourth-order valence-corrected chi connectivity index (χ4v) is 6.98. The summed E-state index contributed by atoms with van der Waals surface area (Å²) < 4.78 is 13.0. The molecule has 8 unspecified atom stereocenters. The maximum absolute atomic E-state index is 6.70. The van der Waals surface area contributed by atoms with Crippen LogP contribution in [0.3, 0.4) is 0 Å². The molecule has 8 atom stereocenters. The SMILES string of the molecule is CC(C)OC1CCC2CC(CC(C)OC3CCCC4CCN(C)C43)N(C)C21. The zero-order valence-electron chi connectivity index (χ0n) is 18.3. The van der Waals surface area contributed by atoms with Gasteiger partial charge in [0.1, 0.15) is 0 Å². The number of rotatable bonds is 6. The third-order valence-corrected chi connectivity index (χ3v) is 8.05. The van der Waals surface area contributed by atoms with Crippen molar-refractivity contribution in [3.8, 4) is 0 Å². The minimum Gasteiger partial charge on any atom is -0.374 e. The molecule has 4 heteroatoms. The summed E-state index contributed by atoms with van der Waals surface area (Å²) in [6, 6.07) is 1.96. The van der Waals surface area contributed by atoms with Crippen LogP contribution in [0.1, 0.15) is 72.1 Å². The van der Waals surface area contributed by atoms with Gasteiger partial charge in [0.2, 0.25) is 0 Å². The molecule has 2 saturated heterocycles. The standard InChI is InChI=1S/C23H42N2O2/c1-15(2)26-21-10-9-18-14-19(25(5)23(18)21)13-16(3)27-20-8-6-7-17-11-12-24(4)22(17)20/h15-23H,6-14H2,1-5H3. The maximum Gasteiger partial charge on any atom is 0.0736 e. The lowest BCUT2D eigenvalue weighted by molar-refractivity contribution is -0.0760. The largest absolute Gasteiger partial charge is 0.374 e. The molecule has 0 amide bonds. The van der Waals surface area contributed by atoms with Crippen LogP contribution in [0.4, 0.5) is 0 Å². The van der Waals surface area contributed by atoms with Gasteiger partial charge in [0.25, 0.3) is 0 Å². The average molecular weight is 379 g/mol. The lowest BCUT2D eigenvalue weighted by Gasteiger charge is -2.39. The van der Waals surface area contributed by atoms with Gasteiger partial charge in [-0.05, 0) is 98.2 Å². The molecule has 156 valence electrons. The van der Waals surface area contributed by atoms with Crippen molar-refractivity contribution in [1.29, 1.82) is 0 Å². The van der Waals surface area contributed by atoms with Crippen LogP contribution in [0.5, 0.6) is 0 Å². The number of likely N-dealkylation sites (tertiary alicyclic amines) is 2. The van der Waals surface area contributed by atoms with E-state index in [0.29, 0.717) is 42.5 Å². The fraction of sp³-hybridized carbons (Fsp3) is 1.00. The lowest BCUT2D eigenvalue weighted by atomic mass is 9.83. The summed E-state index contributed by atoms with van der Waals surface area (Å²) in [7, 11) is 4.64. The minimum absolute atomic E-state index is 0.339. The number of hydrogen-bond acceptors (Lipinski definition) is 4. The van der Waals surface area contributed by atoms with Gasteiger partial charge >= 0.3 is 0 Å². The van der Waals surface area contributed by atoms with Gasteiger partial charge in [-0.25, -0.2) is 0 Å². The Balaban J connectivity index is 1.32. The Hall–Kier alpha value is -0.160. The van der Waals surface area contributed by atoms with Crippen molar-refractivity contribution < 1.29 is 9.47 Å². The highest BCUT2D eigenvalue weighted by Crippen LogP contribution is 2.44. The second-order valence-electron chi connectivity index (χ2n) is 10.3. The summed E-state index contributed by atoms with van der Waals surface area (Å²) in [5, 5.41) is 0. The molecule has 2 heterocycles. The molecular weight excluding hydrogens is 336 g/mol. The molecule has 0 spiro atoms. The number of likely N-dealkylation sites (N-methyl/N-ethyl adjacent to an activating group) is 2. The van der Waals surface area contributed by atoms with E-state index in [0.717, 1.165) is 11.8 Å². The molecule has 4 aliphatic rings. The van der Waals surface area contributed by atoms with Crippen molar-refractivity contribution in [2.24, 2.45) is 11.8 Å². The van der Waals surface area contributed by atoms with Crippen molar-refractivity contribution >= 4 is 0 Å². The van der Waals surface area contributed by atoms with Gasteiger partial charge in [0, 0.05) is 18.1 Å². The smallest absolute Gasteiger partial charge is 0.0736 e. The van der Waals surface area contributed by atoms with Gasteiger partial charge in [0.15, 0.2) is 0 Å². The zero-order valence-corrected chi connectivity index (χ0v) is 18.3. The Morgan fingerprint density at radius 2 is 1.63 bits per heavy atom. The number of fused-ring (bicyclic) bond motifs is 2. The van der Waals surface area contributed by atoms with Crippen LogP contribution in [0, 0.1) is 11.8 Å². The summed E-state index contributed by atoms with van der Waals surface area (Å²) in [5.41, 5.74) is 0. The summed E-state index contributed by atoms with van der Waals surface area (Å²) in [6.45, 7) is 7.93. The molecule has 4 rings (SSSR count). The predicted molar refractivity (Wildman–Crippen MR) is 110 cm³/mol. The molecule has 0 aromatic heterocycles. The molecule has 0 N–H and O–H groups in total. The molecule has 4 fully saturated rings. The first kappa shape index (κ1) is 20.1. The van der Waals surface area contributed by atoms with Gasteiger partial charge in [-0.2, -0.15) is 0 Å². The van der Waals surface area contributed by atoms with E-state index in [2.05, 4.69) is 44.7 Å². The van der Waals surface area contributed by atoms with Crippen LogP contribution < -0.4 is 0 Å². The highest BCUT2D eigenvalue weighted by Gasteiger charge is 2.48. The number of nitrogens with zero attached hydrogens (tertiary/aromatic N) is 2. The summed E-state index contributed by atoms with van der Waals surface area (Å²) in [4.78, 5) is 5.22. The summed E-state index contributed by atoms with van der Waals surface area (Å²) in [5.74, 6) is 1.71. The lowest BCUT2D eigenvalue weighted by Crippen LogP contribution is -2.46. The molecule has 0 aromatic carbocycles. The highest BCUT2D eigenvalue weighted by atomic mass is 16.5. The normalized spacial score (nSPS) is 44.0. The van der Waals surface area contributed by atoms with Gasteiger partial charge in [-0.3, -0.25) is 4.90 Å². The maximum atomic E-state index is 6.70. The Morgan fingerprint density at radius 1 is 0.852 bits per heavy atom. The summed E-state index contributed by atoms with van der Waals surface area (Å²) in [6.07, 6.45) is 12.1. The Kier molecular flexibility index (Phi) is 6.18. The quantitative estimate of drug-likeness (QED) is 0.699. The third-order valence-electron chi connectivity index (χ3n) is 8.05. The van der Waals surface area contributed by atoms with Crippen LogP contribution in [-0.4, -0.2) is 73.0 Å². The van der Waals surface area contributed by atoms with Crippen LogP contribution in [-0.2, 0) is 9.47 Å². The van der Waals surface area contributed by atoms with Crippen LogP contribution in [0.2, 0.25) is 0 Å². The fourth-order valence-electron chi connectivity index (χ4n) is 6.98. The molecule has 2 aliphatic heterocycles. The van der Waals surface area contributed by atoms with Crippen molar-refractivity contribution in [2.75, 3.05) is 20.6 Å². The van der Waals surface area contributed by atoms with Crippen LogP contribution in [0.15, 0.2) is 0 Å². The van der Waals surface area contributed by atoms with E-state index in [4.69, 9.17) is 9.47 Å². The molecule has 0 aromatic rings. The first-order valence-electron chi connectivity index (χ1n) is 11.7. The first-order chi connectivity index (χ1) is 12.9. The highest BCUT2D eigenvalue weighted by molar-refractivity contribution is 5.02. The average Bonchev–Trinajstić information content (AvgIpc) is 3.26. The van der Waals surface area contributed by atoms with E-state index in [1.165, 1.54) is 57.9 Å². The monoisotopic (exact) mass is 378 g/mol. The van der Waals surface area contributed by atoms with E-state index in [1.54, 1.807) is 0 Å². The first-order valence-corrected chi connectivity index (χ1v) is 11.7. The molecule has 0 radical (unpaired) electrons. The van der Waals surface area contributed by atoms with E-state index < -0.39 is 0 Å². The van der Waals surface area contributed by atoms with E-state index in [-0.39, 0.29) is 0 Å². The van der Waals surface area contributed by atoms with Crippen molar-refractivity contribution in [3.63, 3.8) is 0 Å². The Bertz CT molecular complexity index is 497. The number of ether oxygens (including phenoxy) is 2. The molecular formula is C23H42N2O2. The molecule has 27 heavy (non-hydrogen) atoms. The van der Waals surface area contributed by atoms with Gasteiger partial charge in [-0.1, -0.05) is 6.42 Å². The Morgan fingerprint density at radius 3 is 2.41 bits per heavy atom. The Labute approximate surface area is 166 Å². The van der Waals surface area contributed by atoms with E-state index in [1.807, 2.05) is 0 Å². The zero-order chi connectivity index (χ0) is 19.1. The third kappa shape index (κ3) is 4.10. The summed E-state index contributed by atoms with van der Waals surface area (Å²) >= 11 is 0. The second kappa shape index (κ2) is 8.30. The van der Waals surface area contributed by atoms with Crippen LogP contribution in [0.25, 0.3) is 0 Å². The van der Waals surface area contributed by atoms with Gasteiger partial charge < -0.3 is 14.4 Å². The van der Waals surface area contributed by atoms with E-state index >= 15 is 0 Å². The molecule has 0 bridgehead atoms. The van der Waals surface area contributed by atoms with E-state index in [9.17, 15) is 0 Å². The molecule has 2 aliphatic carbocycles.